The van der Waals surface area contributed by atoms with Gasteiger partial charge in [0.05, 0.1) is 6.61 Å². The first-order valence-corrected chi connectivity index (χ1v) is 15.9. The number of carboxylic acid groups (broad SMARTS) is 1. The summed E-state index contributed by atoms with van der Waals surface area (Å²) in [6, 6.07) is 40.5. The molecule has 0 bridgehead atoms. The van der Waals surface area contributed by atoms with Crippen LogP contribution >= 0.6 is 0 Å². The van der Waals surface area contributed by atoms with Crippen LogP contribution in [0, 0.1) is 17.2 Å². The number of carbonyl (C=O) groups is 2. The van der Waals surface area contributed by atoms with Crippen LogP contribution in [0.1, 0.15) is 75.1 Å². The maximum absolute atomic E-state index is 12.2. The van der Waals surface area contributed by atoms with Gasteiger partial charge < -0.3 is 9.84 Å². The van der Waals surface area contributed by atoms with Crippen LogP contribution in [-0.2, 0) is 14.3 Å². The van der Waals surface area contributed by atoms with Gasteiger partial charge in [-0.2, -0.15) is 5.26 Å². The molecule has 0 aromatic heterocycles. The van der Waals surface area contributed by atoms with E-state index in [0.29, 0.717) is 23.5 Å². The van der Waals surface area contributed by atoms with Gasteiger partial charge in [-0.05, 0) is 47.1 Å². The van der Waals surface area contributed by atoms with Gasteiger partial charge in [0, 0.05) is 11.1 Å². The second kappa shape index (κ2) is 19.2. The van der Waals surface area contributed by atoms with E-state index in [0.717, 1.165) is 53.5 Å². The van der Waals surface area contributed by atoms with Crippen molar-refractivity contribution < 1.29 is 19.4 Å². The molecule has 4 aromatic carbocycles. The molecule has 0 saturated carbocycles. The Hall–Kier alpha value is -5.21. The molecule has 4 rings (SSSR count). The lowest BCUT2D eigenvalue weighted by Gasteiger charge is -2.19. The summed E-state index contributed by atoms with van der Waals surface area (Å²) in [5.41, 5.74) is 5.56. The Morgan fingerprint density at radius 2 is 1.11 bits per heavy atom. The highest BCUT2D eigenvalue weighted by atomic mass is 16.5. The SMILES string of the molecule is CCCCC(CC)CC(C(=O)O)=C(c1ccccc1)c1ccccc1.CCOC(=O)C(C#N)=C(c1ccccc1)c1ccccc1. The zero-order valence-electron chi connectivity index (χ0n) is 27.0. The fourth-order valence-electron chi connectivity index (χ4n) is 5.32. The summed E-state index contributed by atoms with van der Waals surface area (Å²) in [4.78, 5) is 24.2. The molecule has 1 unspecified atom stereocenters. The first-order valence-electron chi connectivity index (χ1n) is 15.9. The maximum Gasteiger partial charge on any atom is 0.349 e. The van der Waals surface area contributed by atoms with E-state index >= 15 is 0 Å². The molecule has 236 valence electrons. The smallest absolute Gasteiger partial charge is 0.349 e. The van der Waals surface area contributed by atoms with Crippen molar-refractivity contribution in [1.29, 1.82) is 5.26 Å². The van der Waals surface area contributed by atoms with Crippen molar-refractivity contribution in [1.82, 2.24) is 0 Å². The van der Waals surface area contributed by atoms with Crippen LogP contribution in [0.5, 0.6) is 0 Å². The molecule has 1 N–H and O–H groups in total. The zero-order valence-corrected chi connectivity index (χ0v) is 27.0. The molecule has 5 heteroatoms. The standard InChI is InChI=1S/C23H28O2.C18H15NO2/c1-3-5-12-18(4-2)17-21(23(24)25)22(19-13-8-6-9-14-19)20-15-10-7-11-16-20;1-2-21-18(20)16(13-19)17(14-9-5-3-6-10-14)15-11-7-4-8-12-15/h6-11,13-16,18H,3-5,12,17H2,1-2H3,(H,24,25);3-12H,2H2,1H3. The van der Waals surface area contributed by atoms with Gasteiger partial charge in [0.1, 0.15) is 11.6 Å². The topological polar surface area (TPSA) is 87.4 Å². The highest BCUT2D eigenvalue weighted by Gasteiger charge is 2.21. The normalized spacial score (nSPS) is 10.7. The van der Waals surface area contributed by atoms with Gasteiger partial charge in [0.2, 0.25) is 0 Å². The summed E-state index contributed by atoms with van der Waals surface area (Å²) in [5.74, 6) is -0.992. The van der Waals surface area contributed by atoms with E-state index in [-0.39, 0.29) is 12.2 Å². The van der Waals surface area contributed by atoms with Crippen LogP contribution in [-0.4, -0.2) is 23.7 Å². The summed E-state index contributed by atoms with van der Waals surface area (Å²) in [6.45, 7) is 6.29. The predicted molar refractivity (Wildman–Crippen MR) is 186 cm³/mol. The van der Waals surface area contributed by atoms with Crippen molar-refractivity contribution in [2.45, 2.75) is 52.9 Å². The van der Waals surface area contributed by atoms with Crippen molar-refractivity contribution in [2.75, 3.05) is 6.61 Å². The lowest BCUT2D eigenvalue weighted by molar-refractivity contribution is -0.138. The van der Waals surface area contributed by atoms with Gasteiger partial charge in [-0.15, -0.1) is 0 Å². The lowest BCUT2D eigenvalue weighted by atomic mass is 9.85. The number of nitriles is 1. The number of carbonyl (C=O) groups excluding carboxylic acids is 1. The molecule has 0 aliphatic carbocycles. The number of hydrogen-bond acceptors (Lipinski definition) is 4. The lowest BCUT2D eigenvalue weighted by Crippen LogP contribution is -2.11. The van der Waals surface area contributed by atoms with E-state index in [9.17, 15) is 20.0 Å². The Balaban J connectivity index is 0.000000254. The van der Waals surface area contributed by atoms with E-state index < -0.39 is 11.9 Å². The van der Waals surface area contributed by atoms with Crippen molar-refractivity contribution in [3.63, 3.8) is 0 Å². The molecule has 0 spiro atoms. The van der Waals surface area contributed by atoms with Gasteiger partial charge in [0.25, 0.3) is 0 Å². The summed E-state index contributed by atoms with van der Waals surface area (Å²) in [7, 11) is 0. The number of esters is 1. The Bertz CT molecular complexity index is 1540. The van der Waals surface area contributed by atoms with Gasteiger partial charge in [-0.25, -0.2) is 9.59 Å². The number of nitrogens with zero attached hydrogens (tertiary/aromatic N) is 1. The summed E-state index contributed by atoms with van der Waals surface area (Å²) >= 11 is 0. The van der Waals surface area contributed by atoms with Crippen LogP contribution in [0.3, 0.4) is 0 Å². The van der Waals surface area contributed by atoms with Crippen molar-refractivity contribution in [3.8, 4) is 6.07 Å². The second-order valence-corrected chi connectivity index (χ2v) is 10.8. The maximum atomic E-state index is 12.2. The van der Waals surface area contributed by atoms with Crippen LogP contribution in [0.2, 0.25) is 0 Å². The van der Waals surface area contributed by atoms with E-state index in [2.05, 4.69) is 13.8 Å². The molecular formula is C41H43NO4. The molecule has 0 radical (unpaired) electrons. The van der Waals surface area contributed by atoms with Crippen molar-refractivity contribution in [2.24, 2.45) is 5.92 Å². The van der Waals surface area contributed by atoms with E-state index in [4.69, 9.17) is 4.74 Å². The van der Waals surface area contributed by atoms with Crippen LogP contribution in [0.25, 0.3) is 11.1 Å². The molecule has 0 fully saturated rings. The highest BCUT2D eigenvalue weighted by molar-refractivity contribution is 6.05. The quantitative estimate of drug-likeness (QED) is 0.0921. The minimum Gasteiger partial charge on any atom is -0.478 e. The Morgan fingerprint density at radius 1 is 0.696 bits per heavy atom. The van der Waals surface area contributed by atoms with Crippen molar-refractivity contribution >= 4 is 23.1 Å². The minimum atomic E-state index is -0.808. The predicted octanol–water partition coefficient (Wildman–Crippen LogP) is 9.75. The summed E-state index contributed by atoms with van der Waals surface area (Å²) in [6.07, 6.45) is 5.00. The third-order valence-electron chi connectivity index (χ3n) is 7.69. The average molecular weight is 614 g/mol. The van der Waals surface area contributed by atoms with Gasteiger partial charge in [-0.3, -0.25) is 0 Å². The highest BCUT2D eigenvalue weighted by Crippen LogP contribution is 2.32. The first-order chi connectivity index (χ1) is 22.4. The number of ether oxygens (including phenoxy) is 1. The molecular weight excluding hydrogens is 570 g/mol. The molecule has 0 amide bonds. The fraction of sp³-hybridized carbons (Fsp3) is 0.244. The molecule has 46 heavy (non-hydrogen) atoms. The molecule has 1 atom stereocenters. The molecule has 4 aromatic rings. The Morgan fingerprint density at radius 3 is 1.43 bits per heavy atom. The third kappa shape index (κ3) is 10.2. The van der Waals surface area contributed by atoms with Crippen LogP contribution < -0.4 is 0 Å². The molecule has 0 saturated heterocycles. The monoisotopic (exact) mass is 613 g/mol. The van der Waals surface area contributed by atoms with E-state index in [1.807, 2.05) is 127 Å². The van der Waals surface area contributed by atoms with E-state index in [1.54, 1.807) is 6.92 Å². The summed E-state index contributed by atoms with van der Waals surface area (Å²) in [5, 5.41) is 19.4. The largest absolute Gasteiger partial charge is 0.478 e. The van der Waals surface area contributed by atoms with Gasteiger partial charge >= 0.3 is 11.9 Å². The third-order valence-corrected chi connectivity index (χ3v) is 7.69. The minimum absolute atomic E-state index is 0.0225. The van der Waals surface area contributed by atoms with Crippen LogP contribution in [0.4, 0.5) is 0 Å². The molecule has 0 heterocycles. The molecule has 0 aliphatic heterocycles. The first kappa shape index (κ1) is 35.3. The zero-order chi connectivity index (χ0) is 33.1. The molecule has 5 nitrogen and oxygen atoms in total. The second-order valence-electron chi connectivity index (χ2n) is 10.8. The number of aliphatic carboxylic acids is 1. The fourth-order valence-corrected chi connectivity index (χ4v) is 5.32. The Kier molecular flexibility index (Phi) is 14.7. The average Bonchev–Trinajstić information content (AvgIpc) is 3.10. The number of hydrogen-bond donors (Lipinski definition) is 1. The number of carboxylic acids is 1. The van der Waals surface area contributed by atoms with Crippen molar-refractivity contribution in [3.05, 3.63) is 155 Å². The molecule has 0 aliphatic rings. The number of benzene rings is 4. The Labute approximate surface area is 273 Å². The van der Waals surface area contributed by atoms with Gasteiger partial charge in [-0.1, -0.05) is 161 Å². The summed E-state index contributed by atoms with van der Waals surface area (Å²) < 4.78 is 5.00. The number of unbranched alkanes of at least 4 members (excludes halogenated alkanes) is 1. The van der Waals surface area contributed by atoms with Gasteiger partial charge in [0.15, 0.2) is 0 Å². The van der Waals surface area contributed by atoms with Crippen LogP contribution in [0.15, 0.2) is 132 Å². The van der Waals surface area contributed by atoms with E-state index in [1.165, 1.54) is 0 Å². The number of rotatable bonds is 13.